The minimum absolute atomic E-state index is 0.0620. The lowest BCUT2D eigenvalue weighted by Crippen LogP contribution is -1.88. The van der Waals surface area contributed by atoms with E-state index in [4.69, 9.17) is 4.74 Å². The molecule has 2 heterocycles. The summed E-state index contributed by atoms with van der Waals surface area (Å²) < 4.78 is 7.92. The van der Waals surface area contributed by atoms with Gasteiger partial charge < -0.3 is 9.14 Å². The predicted molar refractivity (Wildman–Crippen MR) is 81.5 cm³/mol. The molecule has 0 atom stereocenters. The maximum Gasteiger partial charge on any atom is 0.269 e. The Bertz CT molecular complexity index is 827. The second-order valence-electron chi connectivity index (χ2n) is 4.39. The Balaban J connectivity index is 2.06. The van der Waals surface area contributed by atoms with Crippen molar-refractivity contribution in [1.82, 2.24) is 9.38 Å². The number of hydrogen-bond acceptors (Lipinski definition) is 4. The van der Waals surface area contributed by atoms with E-state index in [2.05, 4.69) is 20.9 Å². The lowest BCUT2D eigenvalue weighted by Gasteiger charge is -2.02. The number of methoxy groups -OCH3 is 1. The van der Waals surface area contributed by atoms with Gasteiger partial charge in [0, 0.05) is 36.2 Å². The number of pyridine rings is 1. The fourth-order valence-corrected chi connectivity index (χ4v) is 2.54. The number of ether oxygens (including phenoxy) is 1. The summed E-state index contributed by atoms with van der Waals surface area (Å²) in [7, 11) is 1.59. The Morgan fingerprint density at radius 3 is 2.62 bits per heavy atom. The summed E-state index contributed by atoms with van der Waals surface area (Å²) in [5.41, 5.74) is 2.36. The number of nitro benzene ring substituents is 1. The first-order valence-corrected chi connectivity index (χ1v) is 6.85. The minimum Gasteiger partial charge on any atom is -0.495 e. The third-order valence-corrected chi connectivity index (χ3v) is 3.70. The normalized spacial score (nSPS) is 10.8. The summed E-state index contributed by atoms with van der Waals surface area (Å²) in [4.78, 5) is 14.7. The summed E-state index contributed by atoms with van der Waals surface area (Å²) >= 11 is 3.42. The highest BCUT2D eigenvalue weighted by Gasteiger charge is 2.10. The van der Waals surface area contributed by atoms with E-state index >= 15 is 0 Å². The number of benzene rings is 1. The molecule has 0 unspecified atom stereocenters. The molecule has 0 fully saturated rings. The van der Waals surface area contributed by atoms with Crippen LogP contribution in [0.5, 0.6) is 5.75 Å². The lowest BCUT2D eigenvalue weighted by atomic mass is 10.1. The number of nitro groups is 1. The van der Waals surface area contributed by atoms with Crippen LogP contribution < -0.4 is 4.74 Å². The first-order chi connectivity index (χ1) is 10.1. The highest BCUT2D eigenvalue weighted by atomic mass is 79.9. The van der Waals surface area contributed by atoms with Crippen molar-refractivity contribution < 1.29 is 9.66 Å². The van der Waals surface area contributed by atoms with Crippen LogP contribution in [-0.4, -0.2) is 21.4 Å². The zero-order valence-electron chi connectivity index (χ0n) is 11.0. The average Bonchev–Trinajstić information content (AvgIpc) is 2.89. The van der Waals surface area contributed by atoms with Gasteiger partial charge in [-0.3, -0.25) is 10.1 Å². The van der Waals surface area contributed by atoms with Gasteiger partial charge in [-0.1, -0.05) is 0 Å². The van der Waals surface area contributed by atoms with Gasteiger partial charge in [-0.25, -0.2) is 4.98 Å². The van der Waals surface area contributed by atoms with Gasteiger partial charge in [0.2, 0.25) is 0 Å². The van der Waals surface area contributed by atoms with Crippen molar-refractivity contribution in [2.45, 2.75) is 0 Å². The topological polar surface area (TPSA) is 69.7 Å². The van der Waals surface area contributed by atoms with Crippen molar-refractivity contribution >= 4 is 27.3 Å². The summed E-state index contributed by atoms with van der Waals surface area (Å²) in [6, 6.07) is 8.13. The maximum atomic E-state index is 10.7. The minimum atomic E-state index is -0.421. The predicted octanol–water partition coefficient (Wildman–Crippen LogP) is 3.68. The molecule has 2 aromatic heterocycles. The van der Waals surface area contributed by atoms with Crippen LogP contribution in [0.3, 0.4) is 0 Å². The number of nitrogens with zero attached hydrogens (tertiary/aromatic N) is 3. The number of aromatic nitrogens is 2. The van der Waals surface area contributed by atoms with E-state index in [0.717, 1.165) is 21.4 Å². The molecule has 3 rings (SSSR count). The Hall–Kier alpha value is -2.41. The Morgan fingerprint density at radius 2 is 2.00 bits per heavy atom. The molecule has 0 radical (unpaired) electrons. The SMILES string of the molecule is COc1cc2nc(-c3ccc([N+](=O)[O-])cc3)cn2cc1Br. The molecule has 6 nitrogen and oxygen atoms in total. The van der Waals surface area contributed by atoms with Crippen LogP contribution in [-0.2, 0) is 0 Å². The molecule has 106 valence electrons. The number of hydrogen-bond donors (Lipinski definition) is 0. The lowest BCUT2D eigenvalue weighted by molar-refractivity contribution is -0.384. The molecule has 21 heavy (non-hydrogen) atoms. The molecule has 0 saturated carbocycles. The van der Waals surface area contributed by atoms with E-state index in [1.165, 1.54) is 12.1 Å². The van der Waals surface area contributed by atoms with Crippen LogP contribution in [0.1, 0.15) is 0 Å². The Labute approximate surface area is 128 Å². The number of non-ortho nitro benzene ring substituents is 1. The van der Waals surface area contributed by atoms with Crippen molar-refractivity contribution in [3.63, 3.8) is 0 Å². The quantitative estimate of drug-likeness (QED) is 0.535. The highest BCUT2D eigenvalue weighted by molar-refractivity contribution is 9.10. The van der Waals surface area contributed by atoms with Crippen molar-refractivity contribution in [1.29, 1.82) is 0 Å². The molecule has 0 bridgehead atoms. The molecule has 0 amide bonds. The molecule has 3 aromatic rings. The number of halogens is 1. The van der Waals surface area contributed by atoms with Crippen molar-refractivity contribution in [3.05, 3.63) is 57.3 Å². The molecule has 7 heteroatoms. The van der Waals surface area contributed by atoms with Gasteiger partial charge in [-0.15, -0.1) is 0 Å². The van der Waals surface area contributed by atoms with Gasteiger partial charge in [-0.05, 0) is 28.1 Å². The first-order valence-electron chi connectivity index (χ1n) is 6.05. The number of imidazole rings is 1. The summed E-state index contributed by atoms with van der Waals surface area (Å²) in [6.45, 7) is 0. The molecule has 0 spiro atoms. The summed E-state index contributed by atoms with van der Waals surface area (Å²) in [5.74, 6) is 0.698. The average molecular weight is 348 g/mol. The third kappa shape index (κ3) is 2.47. The zero-order valence-corrected chi connectivity index (χ0v) is 12.6. The van der Waals surface area contributed by atoms with E-state index in [-0.39, 0.29) is 5.69 Å². The zero-order chi connectivity index (χ0) is 15.0. The van der Waals surface area contributed by atoms with Gasteiger partial charge in [0.05, 0.1) is 22.2 Å². The van der Waals surface area contributed by atoms with Crippen LogP contribution in [0.4, 0.5) is 5.69 Å². The van der Waals surface area contributed by atoms with Crippen LogP contribution in [0.25, 0.3) is 16.9 Å². The van der Waals surface area contributed by atoms with Gasteiger partial charge in [0.25, 0.3) is 5.69 Å². The van der Waals surface area contributed by atoms with E-state index in [9.17, 15) is 10.1 Å². The fourth-order valence-electron chi connectivity index (χ4n) is 2.04. The highest BCUT2D eigenvalue weighted by Crippen LogP contribution is 2.28. The molecular weight excluding hydrogens is 338 g/mol. The van der Waals surface area contributed by atoms with E-state index in [0.29, 0.717) is 5.75 Å². The number of fused-ring (bicyclic) bond motifs is 1. The van der Waals surface area contributed by atoms with Crippen LogP contribution in [0.2, 0.25) is 0 Å². The van der Waals surface area contributed by atoms with Crippen molar-refractivity contribution in [2.24, 2.45) is 0 Å². The second-order valence-corrected chi connectivity index (χ2v) is 5.24. The van der Waals surface area contributed by atoms with Crippen LogP contribution in [0.15, 0.2) is 47.2 Å². The Kier molecular flexibility index (Phi) is 3.34. The molecule has 0 saturated heterocycles. The first kappa shape index (κ1) is 13.6. The number of rotatable bonds is 3. The third-order valence-electron chi connectivity index (χ3n) is 3.10. The molecular formula is C14H10BrN3O3. The Morgan fingerprint density at radius 1 is 1.29 bits per heavy atom. The van der Waals surface area contributed by atoms with E-state index in [1.54, 1.807) is 19.2 Å². The summed E-state index contributed by atoms with van der Waals surface area (Å²) in [5, 5.41) is 10.7. The molecule has 1 aromatic carbocycles. The molecule has 0 aliphatic rings. The van der Waals surface area contributed by atoms with E-state index < -0.39 is 4.92 Å². The monoisotopic (exact) mass is 347 g/mol. The standard InChI is InChI=1S/C14H10BrN3O3/c1-21-13-6-14-16-12(8-17(14)7-11(13)15)9-2-4-10(5-3-9)18(19)20/h2-8H,1H3. The molecule has 0 aliphatic heterocycles. The molecule has 0 N–H and O–H groups in total. The van der Waals surface area contributed by atoms with E-state index in [1.807, 2.05) is 22.9 Å². The summed E-state index contributed by atoms with van der Waals surface area (Å²) in [6.07, 6.45) is 3.72. The molecule has 0 aliphatic carbocycles. The van der Waals surface area contributed by atoms with Crippen LogP contribution >= 0.6 is 15.9 Å². The second kappa shape index (κ2) is 5.17. The van der Waals surface area contributed by atoms with Crippen molar-refractivity contribution in [3.8, 4) is 17.0 Å². The van der Waals surface area contributed by atoms with Crippen molar-refractivity contribution in [2.75, 3.05) is 7.11 Å². The van der Waals surface area contributed by atoms with Gasteiger partial charge in [-0.2, -0.15) is 0 Å². The fraction of sp³-hybridized carbons (Fsp3) is 0.0714. The smallest absolute Gasteiger partial charge is 0.269 e. The van der Waals surface area contributed by atoms with Gasteiger partial charge in [0.1, 0.15) is 11.4 Å². The maximum absolute atomic E-state index is 10.7. The van der Waals surface area contributed by atoms with Gasteiger partial charge >= 0.3 is 0 Å². The van der Waals surface area contributed by atoms with Gasteiger partial charge in [0.15, 0.2) is 0 Å². The largest absolute Gasteiger partial charge is 0.495 e. The van der Waals surface area contributed by atoms with Crippen LogP contribution in [0, 0.1) is 10.1 Å².